The van der Waals surface area contributed by atoms with Gasteiger partial charge in [0.15, 0.2) is 5.76 Å². The SMILES string of the molecule is NS(=O)(=O)c1ccc(C2=C(COc3ccc(C(=O)O)cc3)ON(c3ccccc3)C2)cc1. The highest BCUT2D eigenvalue weighted by Crippen LogP contribution is 2.32. The average Bonchev–Trinajstić information content (AvgIpc) is 3.22. The van der Waals surface area contributed by atoms with E-state index in [4.69, 9.17) is 19.8 Å². The number of hydrogen-bond donors (Lipinski definition) is 2. The Morgan fingerprint density at radius 3 is 2.25 bits per heavy atom. The second-order valence-corrected chi connectivity index (χ2v) is 8.61. The minimum atomic E-state index is -3.79. The van der Waals surface area contributed by atoms with Gasteiger partial charge in [-0.2, -0.15) is 0 Å². The van der Waals surface area contributed by atoms with Gasteiger partial charge in [-0.15, -0.1) is 0 Å². The van der Waals surface area contributed by atoms with Crippen LogP contribution in [0.2, 0.25) is 0 Å². The van der Waals surface area contributed by atoms with Gasteiger partial charge in [0.25, 0.3) is 0 Å². The van der Waals surface area contributed by atoms with Crippen molar-refractivity contribution in [2.75, 3.05) is 18.2 Å². The average molecular weight is 452 g/mol. The van der Waals surface area contributed by atoms with Gasteiger partial charge in [0.1, 0.15) is 12.4 Å². The van der Waals surface area contributed by atoms with Crippen LogP contribution in [0, 0.1) is 0 Å². The molecule has 0 saturated carbocycles. The molecule has 3 aromatic carbocycles. The van der Waals surface area contributed by atoms with Gasteiger partial charge < -0.3 is 14.7 Å². The number of anilines is 1. The van der Waals surface area contributed by atoms with Gasteiger partial charge in [-0.1, -0.05) is 30.3 Å². The Hall–Kier alpha value is -3.82. The number of primary sulfonamides is 1. The molecular formula is C23H20N2O6S. The van der Waals surface area contributed by atoms with Crippen LogP contribution in [0.15, 0.2) is 89.5 Å². The van der Waals surface area contributed by atoms with E-state index in [1.165, 1.54) is 24.3 Å². The Kier molecular flexibility index (Phi) is 5.85. The molecule has 0 fully saturated rings. The molecule has 4 rings (SSSR count). The predicted molar refractivity (Wildman–Crippen MR) is 119 cm³/mol. The Morgan fingerprint density at radius 2 is 1.66 bits per heavy atom. The number of nitrogens with two attached hydrogens (primary N) is 1. The standard InChI is InChI=1S/C23H20N2O6S/c24-32(28,29)20-12-8-16(9-13-20)21-14-25(18-4-2-1-3-5-18)31-22(21)15-30-19-10-6-17(7-11-19)23(26)27/h1-13H,14-15H2,(H,26,27)(H2,24,28,29). The van der Waals surface area contributed by atoms with E-state index in [0.717, 1.165) is 16.8 Å². The summed E-state index contributed by atoms with van der Waals surface area (Å²) >= 11 is 0. The molecule has 0 atom stereocenters. The van der Waals surface area contributed by atoms with Crippen LogP contribution in [0.5, 0.6) is 5.75 Å². The molecule has 1 heterocycles. The van der Waals surface area contributed by atoms with Gasteiger partial charge in [-0.05, 0) is 54.1 Å². The van der Waals surface area contributed by atoms with E-state index in [1.54, 1.807) is 29.3 Å². The number of sulfonamides is 1. The number of carboxylic acid groups (broad SMARTS) is 1. The molecule has 0 aromatic heterocycles. The van der Waals surface area contributed by atoms with Crippen LogP contribution in [0.25, 0.3) is 5.57 Å². The van der Waals surface area contributed by atoms with Gasteiger partial charge in [0.2, 0.25) is 10.0 Å². The van der Waals surface area contributed by atoms with Crippen molar-refractivity contribution < 1.29 is 27.9 Å². The third-order valence-corrected chi connectivity index (χ3v) is 5.83. The Labute approximate surface area is 185 Å². The normalized spacial score (nSPS) is 13.7. The highest BCUT2D eigenvalue weighted by Gasteiger charge is 2.26. The molecule has 0 aliphatic carbocycles. The third-order valence-electron chi connectivity index (χ3n) is 4.91. The number of hydrogen-bond acceptors (Lipinski definition) is 6. The largest absolute Gasteiger partial charge is 0.486 e. The molecule has 32 heavy (non-hydrogen) atoms. The maximum atomic E-state index is 11.6. The number of carbonyl (C=O) groups is 1. The van der Waals surface area contributed by atoms with E-state index >= 15 is 0 Å². The Morgan fingerprint density at radius 1 is 1.00 bits per heavy atom. The number of aromatic carboxylic acids is 1. The smallest absolute Gasteiger partial charge is 0.335 e. The van der Waals surface area contributed by atoms with Gasteiger partial charge in [0.05, 0.1) is 22.7 Å². The van der Waals surface area contributed by atoms with Crippen molar-refractivity contribution in [1.29, 1.82) is 0 Å². The first-order chi connectivity index (χ1) is 15.3. The number of carboxylic acids is 1. The van der Waals surface area contributed by atoms with E-state index in [1.807, 2.05) is 30.3 Å². The fourth-order valence-electron chi connectivity index (χ4n) is 3.24. The summed E-state index contributed by atoms with van der Waals surface area (Å²) in [7, 11) is -3.79. The minimum Gasteiger partial charge on any atom is -0.486 e. The lowest BCUT2D eigenvalue weighted by Crippen LogP contribution is -2.18. The maximum absolute atomic E-state index is 11.6. The van der Waals surface area contributed by atoms with Gasteiger partial charge >= 0.3 is 5.97 Å². The number of benzene rings is 3. The molecule has 164 valence electrons. The first-order valence-corrected chi connectivity index (χ1v) is 11.2. The first kappa shape index (κ1) is 21.4. The second kappa shape index (κ2) is 8.74. The van der Waals surface area contributed by atoms with Crippen LogP contribution < -0.4 is 14.9 Å². The summed E-state index contributed by atoms with van der Waals surface area (Å²) in [5.41, 5.74) is 2.62. The number of rotatable bonds is 7. The van der Waals surface area contributed by atoms with Crippen LogP contribution in [0.3, 0.4) is 0 Å². The molecule has 8 nitrogen and oxygen atoms in total. The minimum absolute atomic E-state index is 0.0250. The van der Waals surface area contributed by atoms with Crippen LogP contribution in [-0.4, -0.2) is 32.6 Å². The van der Waals surface area contributed by atoms with Crippen LogP contribution in [0.1, 0.15) is 15.9 Å². The quantitative estimate of drug-likeness (QED) is 0.565. The van der Waals surface area contributed by atoms with Crippen molar-refractivity contribution in [3.05, 3.63) is 95.7 Å². The lowest BCUT2D eigenvalue weighted by molar-refractivity contribution is 0.0696. The van der Waals surface area contributed by atoms with Gasteiger partial charge in [0, 0.05) is 5.57 Å². The van der Waals surface area contributed by atoms with Crippen LogP contribution >= 0.6 is 0 Å². The summed E-state index contributed by atoms with van der Waals surface area (Å²) < 4.78 is 29.0. The topological polar surface area (TPSA) is 119 Å². The zero-order valence-electron chi connectivity index (χ0n) is 16.8. The van der Waals surface area contributed by atoms with Crippen molar-refractivity contribution in [3.8, 4) is 5.75 Å². The summed E-state index contributed by atoms with van der Waals surface area (Å²) in [5.74, 6) is 0.0369. The Bertz CT molecular complexity index is 1250. The van der Waals surface area contributed by atoms with Gasteiger partial charge in [-0.3, -0.25) is 0 Å². The summed E-state index contributed by atoms with van der Waals surface area (Å²) in [5, 5.41) is 15.9. The molecule has 1 aliphatic rings. The zero-order valence-corrected chi connectivity index (χ0v) is 17.7. The van der Waals surface area contributed by atoms with Crippen molar-refractivity contribution in [3.63, 3.8) is 0 Å². The monoisotopic (exact) mass is 452 g/mol. The zero-order chi connectivity index (χ0) is 22.7. The van der Waals surface area contributed by atoms with E-state index in [2.05, 4.69) is 0 Å². The molecule has 9 heteroatoms. The van der Waals surface area contributed by atoms with E-state index < -0.39 is 16.0 Å². The summed E-state index contributed by atoms with van der Waals surface area (Å²) in [6, 6.07) is 21.9. The molecule has 3 N–H and O–H groups in total. The van der Waals surface area contributed by atoms with Crippen molar-refractivity contribution in [1.82, 2.24) is 0 Å². The molecule has 0 amide bonds. The molecule has 0 unspecified atom stereocenters. The molecule has 0 saturated heterocycles. The third kappa shape index (κ3) is 4.74. The molecule has 0 radical (unpaired) electrons. The summed E-state index contributed by atoms with van der Waals surface area (Å²) in [6.45, 7) is 0.525. The Balaban J connectivity index is 1.60. The lowest BCUT2D eigenvalue weighted by atomic mass is 10.1. The summed E-state index contributed by atoms with van der Waals surface area (Å²) in [6.07, 6.45) is 0. The van der Waals surface area contributed by atoms with Crippen LogP contribution in [-0.2, 0) is 14.9 Å². The summed E-state index contributed by atoms with van der Waals surface area (Å²) in [4.78, 5) is 17.1. The first-order valence-electron chi connectivity index (χ1n) is 9.63. The van der Waals surface area contributed by atoms with E-state index in [9.17, 15) is 13.2 Å². The predicted octanol–water partition coefficient (Wildman–Crippen LogP) is 3.27. The van der Waals surface area contributed by atoms with Crippen molar-refractivity contribution >= 4 is 27.3 Å². The van der Waals surface area contributed by atoms with Crippen molar-refractivity contribution in [2.24, 2.45) is 5.14 Å². The van der Waals surface area contributed by atoms with Crippen molar-refractivity contribution in [2.45, 2.75) is 4.90 Å². The fourth-order valence-corrected chi connectivity index (χ4v) is 3.76. The number of ether oxygens (including phenoxy) is 1. The molecule has 1 aliphatic heterocycles. The second-order valence-electron chi connectivity index (χ2n) is 7.05. The molecule has 3 aromatic rings. The van der Waals surface area contributed by atoms with E-state index in [-0.39, 0.29) is 17.1 Å². The number of para-hydroxylation sites is 1. The van der Waals surface area contributed by atoms with Gasteiger partial charge in [-0.25, -0.2) is 23.4 Å². The lowest BCUT2D eigenvalue weighted by Gasteiger charge is -2.18. The molecule has 0 bridgehead atoms. The highest BCUT2D eigenvalue weighted by molar-refractivity contribution is 7.89. The fraction of sp³-hybridized carbons (Fsp3) is 0.0870. The molecular weight excluding hydrogens is 432 g/mol. The van der Waals surface area contributed by atoms with E-state index in [0.29, 0.717) is 18.1 Å². The number of hydroxylamine groups is 1. The maximum Gasteiger partial charge on any atom is 0.335 e. The number of nitrogens with zero attached hydrogens (tertiary/aromatic N) is 1. The van der Waals surface area contributed by atoms with Crippen LogP contribution in [0.4, 0.5) is 5.69 Å². The molecule has 0 spiro atoms. The highest BCUT2D eigenvalue weighted by atomic mass is 32.2.